The smallest absolute Gasteiger partial charge is 0.416 e. The molecule has 142 valence electrons. The molecular weight excluding hydrogens is 373 g/mol. The van der Waals surface area contributed by atoms with E-state index in [2.05, 4.69) is 15.7 Å². The molecule has 3 N–H and O–H groups in total. The van der Waals surface area contributed by atoms with Crippen molar-refractivity contribution in [1.82, 2.24) is 15.1 Å². The molecule has 1 aliphatic heterocycles. The van der Waals surface area contributed by atoms with Crippen molar-refractivity contribution in [1.29, 1.82) is 0 Å². The predicted molar refractivity (Wildman–Crippen MR) is 91.7 cm³/mol. The second-order valence-corrected chi connectivity index (χ2v) is 5.86. The van der Waals surface area contributed by atoms with Gasteiger partial charge in [-0.2, -0.15) is 18.3 Å². The third-order valence-electron chi connectivity index (χ3n) is 4.06. The first kappa shape index (κ1) is 20.1. The van der Waals surface area contributed by atoms with E-state index in [9.17, 15) is 23.1 Å². The Morgan fingerprint density at radius 3 is 2.77 bits per heavy atom. The first-order valence-electron chi connectivity index (χ1n) is 7.82. The monoisotopic (exact) mass is 390 g/mol. The molecule has 1 saturated heterocycles. The Morgan fingerprint density at radius 1 is 1.35 bits per heavy atom. The molecule has 1 aromatic carbocycles. The molecule has 2 aromatic rings. The van der Waals surface area contributed by atoms with Crippen LogP contribution < -0.4 is 10.6 Å². The number of hydrogen-bond acceptors (Lipinski definition) is 4. The summed E-state index contributed by atoms with van der Waals surface area (Å²) < 4.78 is 39.9. The fourth-order valence-corrected chi connectivity index (χ4v) is 2.72. The Balaban J connectivity index is 0.00000243. The molecule has 0 aliphatic carbocycles. The molecule has 0 saturated carbocycles. The van der Waals surface area contributed by atoms with E-state index in [-0.39, 0.29) is 29.8 Å². The Hall–Kier alpha value is -2.26. The van der Waals surface area contributed by atoms with Crippen molar-refractivity contribution in [3.63, 3.8) is 0 Å². The van der Waals surface area contributed by atoms with Crippen LogP contribution in [0.3, 0.4) is 0 Å². The lowest BCUT2D eigenvalue weighted by atomic mass is 10.1. The van der Waals surface area contributed by atoms with Crippen molar-refractivity contribution in [2.75, 3.05) is 18.4 Å². The fourth-order valence-electron chi connectivity index (χ4n) is 2.72. The predicted octanol–water partition coefficient (Wildman–Crippen LogP) is 3.21. The number of carbonyl (C=O) groups excluding carboxylic acids is 1. The van der Waals surface area contributed by atoms with E-state index in [1.807, 2.05) is 0 Å². The van der Waals surface area contributed by atoms with Crippen molar-refractivity contribution >= 4 is 24.0 Å². The van der Waals surface area contributed by atoms with Gasteiger partial charge in [-0.3, -0.25) is 9.48 Å². The minimum atomic E-state index is -4.57. The average molecular weight is 391 g/mol. The molecule has 10 heteroatoms. The van der Waals surface area contributed by atoms with Gasteiger partial charge in [0.15, 0.2) is 5.69 Å². The Kier molecular flexibility index (Phi) is 6.14. The maximum absolute atomic E-state index is 12.8. The standard InChI is InChI=1S/C16H17F3N4O2.ClH/c17-16(18,19)10-3-4-14(24)13(8-10)21-15(25)12-5-7-23(22-12)11-2-1-6-20-9-11;/h3-5,7-8,11,20,24H,1-2,6,9H2,(H,21,25);1H. The number of piperidine rings is 1. The maximum Gasteiger partial charge on any atom is 0.416 e. The van der Waals surface area contributed by atoms with E-state index in [1.54, 1.807) is 10.9 Å². The number of amides is 1. The molecule has 1 fully saturated rings. The summed E-state index contributed by atoms with van der Waals surface area (Å²) in [6.07, 6.45) is -0.963. The number of aromatic nitrogens is 2. The van der Waals surface area contributed by atoms with Crippen LogP contribution in [0.2, 0.25) is 0 Å². The number of halogens is 4. The number of benzene rings is 1. The molecule has 0 radical (unpaired) electrons. The zero-order valence-corrected chi connectivity index (χ0v) is 14.4. The van der Waals surface area contributed by atoms with Gasteiger partial charge in [-0.15, -0.1) is 12.4 Å². The second-order valence-electron chi connectivity index (χ2n) is 5.86. The van der Waals surface area contributed by atoms with Crippen LogP contribution in [0.4, 0.5) is 18.9 Å². The van der Waals surface area contributed by atoms with Gasteiger partial charge < -0.3 is 15.7 Å². The maximum atomic E-state index is 12.8. The zero-order valence-electron chi connectivity index (χ0n) is 13.6. The summed E-state index contributed by atoms with van der Waals surface area (Å²) in [6.45, 7) is 1.69. The minimum absolute atomic E-state index is 0. The quantitative estimate of drug-likeness (QED) is 0.703. The van der Waals surface area contributed by atoms with Gasteiger partial charge in [0.1, 0.15) is 5.75 Å². The van der Waals surface area contributed by atoms with Crippen molar-refractivity contribution < 1.29 is 23.1 Å². The van der Waals surface area contributed by atoms with Crippen LogP contribution in [-0.2, 0) is 6.18 Å². The molecule has 1 unspecified atom stereocenters. The fraction of sp³-hybridized carbons (Fsp3) is 0.375. The van der Waals surface area contributed by atoms with Crippen LogP contribution in [0.5, 0.6) is 5.75 Å². The van der Waals surface area contributed by atoms with Crippen LogP contribution in [0.1, 0.15) is 34.9 Å². The number of phenolic OH excluding ortho intramolecular Hbond substituents is 1. The molecule has 2 heterocycles. The number of carbonyl (C=O) groups is 1. The van der Waals surface area contributed by atoms with Crippen LogP contribution in [0, 0.1) is 0 Å². The Bertz CT molecular complexity index is 773. The third-order valence-corrected chi connectivity index (χ3v) is 4.06. The zero-order chi connectivity index (χ0) is 18.0. The molecule has 1 aliphatic rings. The number of nitrogens with zero attached hydrogens (tertiary/aromatic N) is 2. The lowest BCUT2D eigenvalue weighted by Gasteiger charge is -2.22. The summed E-state index contributed by atoms with van der Waals surface area (Å²) in [5.41, 5.74) is -1.20. The summed E-state index contributed by atoms with van der Waals surface area (Å²) >= 11 is 0. The molecule has 1 aromatic heterocycles. The van der Waals surface area contributed by atoms with Gasteiger partial charge in [0, 0.05) is 12.7 Å². The molecule has 1 amide bonds. The summed E-state index contributed by atoms with van der Waals surface area (Å²) in [4.78, 5) is 12.2. The lowest BCUT2D eigenvalue weighted by Crippen LogP contribution is -2.32. The van der Waals surface area contributed by atoms with Crippen LogP contribution in [-0.4, -0.2) is 33.9 Å². The van der Waals surface area contributed by atoms with Crippen molar-refractivity contribution in [2.45, 2.75) is 25.1 Å². The molecule has 26 heavy (non-hydrogen) atoms. The second kappa shape index (κ2) is 7.96. The minimum Gasteiger partial charge on any atom is -0.506 e. The van der Waals surface area contributed by atoms with Gasteiger partial charge in [0.25, 0.3) is 5.91 Å². The topological polar surface area (TPSA) is 79.2 Å². The average Bonchev–Trinajstić information content (AvgIpc) is 3.07. The van der Waals surface area contributed by atoms with Gasteiger partial charge in [-0.25, -0.2) is 0 Å². The van der Waals surface area contributed by atoms with Crippen LogP contribution in [0.25, 0.3) is 0 Å². The number of anilines is 1. The molecular formula is C16H18ClF3N4O2. The molecule has 1 atom stereocenters. The highest BCUT2D eigenvalue weighted by Gasteiger charge is 2.31. The first-order valence-corrected chi connectivity index (χ1v) is 7.82. The highest BCUT2D eigenvalue weighted by atomic mass is 35.5. The number of hydrogen-bond donors (Lipinski definition) is 3. The normalized spacial score (nSPS) is 17.4. The molecule has 0 bridgehead atoms. The number of rotatable bonds is 3. The van der Waals surface area contributed by atoms with Gasteiger partial charge in [-0.05, 0) is 43.7 Å². The van der Waals surface area contributed by atoms with E-state index < -0.39 is 23.4 Å². The number of alkyl halides is 3. The van der Waals surface area contributed by atoms with E-state index in [1.165, 1.54) is 6.07 Å². The summed E-state index contributed by atoms with van der Waals surface area (Å²) in [7, 11) is 0. The Labute approximate surface area is 153 Å². The SMILES string of the molecule is Cl.O=C(Nc1cc(C(F)(F)F)ccc1O)c1ccn(C2CCCNC2)n1. The highest BCUT2D eigenvalue weighted by Crippen LogP contribution is 2.34. The van der Waals surface area contributed by atoms with Gasteiger partial charge in [0.05, 0.1) is 17.3 Å². The summed E-state index contributed by atoms with van der Waals surface area (Å²) in [5, 5.41) is 19.4. The summed E-state index contributed by atoms with van der Waals surface area (Å²) in [5.74, 6) is -1.13. The molecule has 0 spiro atoms. The van der Waals surface area contributed by atoms with Crippen molar-refractivity contribution in [3.8, 4) is 5.75 Å². The van der Waals surface area contributed by atoms with Crippen LogP contribution >= 0.6 is 12.4 Å². The number of aromatic hydroxyl groups is 1. The van der Waals surface area contributed by atoms with E-state index >= 15 is 0 Å². The first-order chi connectivity index (χ1) is 11.8. The van der Waals surface area contributed by atoms with E-state index in [0.29, 0.717) is 6.07 Å². The van der Waals surface area contributed by atoms with Crippen molar-refractivity contribution in [3.05, 3.63) is 41.7 Å². The van der Waals surface area contributed by atoms with Crippen LogP contribution in [0.15, 0.2) is 30.5 Å². The van der Waals surface area contributed by atoms with Gasteiger partial charge in [0.2, 0.25) is 0 Å². The third kappa shape index (κ3) is 4.47. The largest absolute Gasteiger partial charge is 0.506 e. The lowest BCUT2D eigenvalue weighted by molar-refractivity contribution is -0.137. The number of nitrogens with one attached hydrogen (secondary N) is 2. The molecule has 6 nitrogen and oxygen atoms in total. The van der Waals surface area contributed by atoms with E-state index in [0.717, 1.165) is 38.1 Å². The van der Waals surface area contributed by atoms with E-state index in [4.69, 9.17) is 0 Å². The Morgan fingerprint density at radius 2 is 2.12 bits per heavy atom. The molecule has 3 rings (SSSR count). The van der Waals surface area contributed by atoms with Gasteiger partial charge >= 0.3 is 6.18 Å². The van der Waals surface area contributed by atoms with Crippen molar-refractivity contribution in [2.24, 2.45) is 0 Å². The highest BCUT2D eigenvalue weighted by molar-refractivity contribution is 6.03. The number of phenols is 1. The summed E-state index contributed by atoms with van der Waals surface area (Å²) in [6, 6.07) is 3.96. The van der Waals surface area contributed by atoms with Gasteiger partial charge in [-0.1, -0.05) is 0 Å².